The highest BCUT2D eigenvalue weighted by atomic mass is 79.9. The van der Waals surface area contributed by atoms with Crippen molar-refractivity contribution in [1.82, 2.24) is 0 Å². The molecule has 1 aliphatic heterocycles. The largest absolute Gasteiger partial charge is 0.507 e. The first-order chi connectivity index (χ1) is 15.3. The van der Waals surface area contributed by atoms with Gasteiger partial charge in [-0.1, -0.05) is 35.9 Å². The average molecular weight is 515 g/mol. The lowest BCUT2D eigenvalue weighted by molar-refractivity contribution is -0.132. The van der Waals surface area contributed by atoms with Gasteiger partial charge in [-0.15, -0.1) is 0 Å². The van der Waals surface area contributed by atoms with Gasteiger partial charge < -0.3 is 14.9 Å². The van der Waals surface area contributed by atoms with E-state index in [1.165, 1.54) is 24.1 Å². The summed E-state index contributed by atoms with van der Waals surface area (Å²) < 4.78 is 5.80. The highest BCUT2D eigenvalue weighted by Gasteiger charge is 2.47. The van der Waals surface area contributed by atoms with Crippen molar-refractivity contribution in [3.63, 3.8) is 0 Å². The predicted octanol–water partition coefficient (Wildman–Crippen LogP) is 5.44. The van der Waals surface area contributed by atoms with Crippen LogP contribution in [0.3, 0.4) is 0 Å². The van der Waals surface area contributed by atoms with Crippen LogP contribution in [0, 0.1) is 0 Å². The van der Waals surface area contributed by atoms with Crippen molar-refractivity contribution in [3.8, 4) is 11.5 Å². The number of Topliss-reactive ketones (excluding diaryl/α,β-unsaturated/α-hetero) is 1. The number of amides is 1. The van der Waals surface area contributed by atoms with Crippen molar-refractivity contribution in [2.24, 2.45) is 0 Å². The van der Waals surface area contributed by atoms with Crippen LogP contribution in [-0.4, -0.2) is 29.0 Å². The third-order valence-electron chi connectivity index (χ3n) is 5.19. The van der Waals surface area contributed by atoms with Crippen LogP contribution in [0.25, 0.3) is 5.76 Å². The number of rotatable bonds is 4. The Kier molecular flexibility index (Phi) is 5.95. The number of hydrogen-bond acceptors (Lipinski definition) is 5. The molecule has 0 bridgehead atoms. The van der Waals surface area contributed by atoms with Crippen LogP contribution < -0.4 is 9.64 Å². The van der Waals surface area contributed by atoms with Crippen molar-refractivity contribution < 1.29 is 24.5 Å². The highest BCUT2D eigenvalue weighted by molar-refractivity contribution is 9.10. The second kappa shape index (κ2) is 8.68. The van der Waals surface area contributed by atoms with Gasteiger partial charge in [0, 0.05) is 11.3 Å². The number of phenols is 1. The summed E-state index contributed by atoms with van der Waals surface area (Å²) >= 11 is 9.49. The minimum atomic E-state index is -0.948. The number of anilines is 1. The van der Waals surface area contributed by atoms with Gasteiger partial charge in [0.25, 0.3) is 11.7 Å². The fourth-order valence-corrected chi connectivity index (χ4v) is 4.39. The quantitative estimate of drug-likeness (QED) is 0.275. The fraction of sp³-hybridized carbons (Fsp3) is 0.0833. The Morgan fingerprint density at radius 3 is 2.41 bits per heavy atom. The molecule has 2 N–H and O–H groups in total. The molecule has 8 heteroatoms. The zero-order valence-electron chi connectivity index (χ0n) is 16.8. The molecule has 1 saturated heterocycles. The van der Waals surface area contributed by atoms with Gasteiger partial charge in [-0.25, -0.2) is 0 Å². The van der Waals surface area contributed by atoms with Crippen LogP contribution in [0.15, 0.2) is 76.8 Å². The number of aromatic hydroxyl groups is 1. The standard InChI is InChI=1S/C24H17BrClNO5/c1-32-19-10-8-14(11-16(19)25)22(29)20-21(13-7-9-18(28)17(26)12-13)27(24(31)23(20)30)15-5-3-2-4-6-15/h2-12,21,28-29H,1H3/b22-20-. The summed E-state index contributed by atoms with van der Waals surface area (Å²) in [6, 6.07) is 17.0. The first-order valence-corrected chi connectivity index (χ1v) is 10.7. The number of halogens is 2. The SMILES string of the molecule is COc1ccc(/C(O)=C2/C(=O)C(=O)N(c3ccccc3)C2c2ccc(O)c(Cl)c2)cc1Br. The maximum absolute atomic E-state index is 13.1. The third kappa shape index (κ3) is 3.74. The Balaban J connectivity index is 1.95. The molecule has 0 saturated carbocycles. The number of ether oxygens (including phenoxy) is 1. The average Bonchev–Trinajstić information content (AvgIpc) is 3.06. The molecule has 1 atom stereocenters. The van der Waals surface area contributed by atoms with Crippen LogP contribution >= 0.6 is 27.5 Å². The molecule has 162 valence electrons. The molecule has 1 amide bonds. The number of hydrogen-bond donors (Lipinski definition) is 2. The number of ketones is 1. The Morgan fingerprint density at radius 1 is 1.06 bits per heavy atom. The number of para-hydroxylation sites is 1. The summed E-state index contributed by atoms with van der Waals surface area (Å²) in [6.07, 6.45) is 0. The zero-order valence-corrected chi connectivity index (χ0v) is 19.1. The molecule has 0 aromatic heterocycles. The topological polar surface area (TPSA) is 87.1 Å². The normalized spacial score (nSPS) is 17.6. The lowest BCUT2D eigenvalue weighted by atomic mass is 9.95. The van der Waals surface area contributed by atoms with E-state index in [1.807, 2.05) is 0 Å². The van der Waals surface area contributed by atoms with E-state index in [9.17, 15) is 19.8 Å². The van der Waals surface area contributed by atoms with E-state index in [2.05, 4.69) is 15.9 Å². The van der Waals surface area contributed by atoms with Crippen molar-refractivity contribution in [2.75, 3.05) is 12.0 Å². The summed E-state index contributed by atoms with van der Waals surface area (Å²) in [5.74, 6) is -1.52. The molecule has 0 radical (unpaired) electrons. The molecule has 3 aromatic rings. The molecule has 1 aliphatic rings. The fourth-order valence-electron chi connectivity index (χ4n) is 3.67. The monoisotopic (exact) mass is 513 g/mol. The minimum absolute atomic E-state index is 0.0633. The van der Waals surface area contributed by atoms with Crippen LogP contribution in [0.5, 0.6) is 11.5 Å². The molecule has 6 nitrogen and oxygen atoms in total. The van der Waals surface area contributed by atoms with Gasteiger partial charge in [0.2, 0.25) is 0 Å². The maximum atomic E-state index is 13.1. The first-order valence-electron chi connectivity index (χ1n) is 9.52. The molecular weight excluding hydrogens is 498 g/mol. The van der Waals surface area contributed by atoms with Gasteiger partial charge >= 0.3 is 0 Å². The molecule has 1 heterocycles. The van der Waals surface area contributed by atoms with Gasteiger partial charge in [0.1, 0.15) is 17.3 Å². The van der Waals surface area contributed by atoms with Gasteiger partial charge in [-0.05, 0) is 64.0 Å². The Morgan fingerprint density at radius 2 is 1.78 bits per heavy atom. The van der Waals surface area contributed by atoms with Gasteiger partial charge in [-0.2, -0.15) is 0 Å². The number of aliphatic hydroxyl groups is 1. The number of aliphatic hydroxyl groups excluding tert-OH is 1. The second-order valence-electron chi connectivity index (χ2n) is 7.06. The zero-order chi connectivity index (χ0) is 23.0. The van der Waals surface area contributed by atoms with Gasteiger partial charge in [0.05, 0.1) is 28.2 Å². The van der Waals surface area contributed by atoms with E-state index in [0.717, 1.165) is 0 Å². The summed E-state index contributed by atoms with van der Waals surface area (Å²) in [5.41, 5.74) is 1.19. The first kappa shape index (κ1) is 21.9. The second-order valence-corrected chi connectivity index (χ2v) is 8.33. The molecule has 1 fully saturated rings. The Bertz CT molecular complexity index is 1260. The minimum Gasteiger partial charge on any atom is -0.507 e. The van der Waals surface area contributed by atoms with E-state index in [1.54, 1.807) is 54.6 Å². The van der Waals surface area contributed by atoms with Crippen molar-refractivity contribution >= 4 is 50.7 Å². The Hall–Kier alpha value is -3.29. The smallest absolute Gasteiger partial charge is 0.300 e. The molecular formula is C24H17BrClNO5. The Labute approximate surface area is 197 Å². The van der Waals surface area contributed by atoms with Crippen molar-refractivity contribution in [1.29, 1.82) is 0 Å². The molecule has 3 aromatic carbocycles. The lowest BCUT2D eigenvalue weighted by Gasteiger charge is -2.25. The number of methoxy groups -OCH3 is 1. The highest BCUT2D eigenvalue weighted by Crippen LogP contribution is 2.43. The molecule has 4 rings (SSSR count). The van der Waals surface area contributed by atoms with Crippen molar-refractivity contribution in [3.05, 3.63) is 92.9 Å². The van der Waals surface area contributed by atoms with Crippen molar-refractivity contribution in [2.45, 2.75) is 6.04 Å². The summed E-state index contributed by atoms with van der Waals surface area (Å²) in [5, 5.41) is 21.1. The summed E-state index contributed by atoms with van der Waals surface area (Å²) in [7, 11) is 1.51. The predicted molar refractivity (Wildman–Crippen MR) is 125 cm³/mol. The van der Waals surface area contributed by atoms with E-state index in [-0.39, 0.29) is 22.1 Å². The number of carbonyl (C=O) groups excluding carboxylic acids is 2. The number of benzene rings is 3. The van der Waals surface area contributed by atoms with E-state index >= 15 is 0 Å². The van der Waals surface area contributed by atoms with Crippen LogP contribution in [0.4, 0.5) is 5.69 Å². The lowest BCUT2D eigenvalue weighted by Crippen LogP contribution is -2.29. The number of carbonyl (C=O) groups is 2. The third-order valence-corrected chi connectivity index (χ3v) is 6.11. The maximum Gasteiger partial charge on any atom is 0.300 e. The van der Waals surface area contributed by atoms with E-state index < -0.39 is 17.7 Å². The van der Waals surface area contributed by atoms with Crippen LogP contribution in [0.1, 0.15) is 17.2 Å². The summed E-state index contributed by atoms with van der Waals surface area (Å²) in [6.45, 7) is 0. The van der Waals surface area contributed by atoms with Crippen LogP contribution in [-0.2, 0) is 9.59 Å². The van der Waals surface area contributed by atoms with Gasteiger partial charge in [0.15, 0.2) is 0 Å². The molecule has 32 heavy (non-hydrogen) atoms. The van der Waals surface area contributed by atoms with Crippen LogP contribution in [0.2, 0.25) is 5.02 Å². The van der Waals surface area contributed by atoms with E-state index in [4.69, 9.17) is 16.3 Å². The molecule has 0 aliphatic carbocycles. The van der Waals surface area contributed by atoms with E-state index in [0.29, 0.717) is 27.0 Å². The molecule has 0 spiro atoms. The number of nitrogens with zero attached hydrogens (tertiary/aromatic N) is 1. The summed E-state index contributed by atoms with van der Waals surface area (Å²) in [4.78, 5) is 27.5. The molecule has 1 unspecified atom stereocenters. The van der Waals surface area contributed by atoms with Gasteiger partial charge in [-0.3, -0.25) is 14.5 Å². The number of phenolic OH excluding ortho intramolecular Hbond substituents is 1.